The number of carboxylic acid groups (broad SMARTS) is 1. The lowest BCUT2D eigenvalue weighted by Gasteiger charge is -1.99. The lowest BCUT2D eigenvalue weighted by atomic mass is 10.1. The van der Waals surface area contributed by atoms with Gasteiger partial charge in [0.15, 0.2) is 0 Å². The monoisotopic (exact) mass is 236 g/mol. The molecule has 4 nitrogen and oxygen atoms in total. The molecule has 1 heterocycles. The molecule has 5 heteroatoms. The van der Waals surface area contributed by atoms with E-state index < -0.39 is 5.97 Å². The quantitative estimate of drug-likeness (QED) is 0.750. The van der Waals surface area contributed by atoms with Crippen LogP contribution < -0.4 is 5.73 Å². The van der Waals surface area contributed by atoms with Gasteiger partial charge in [0.25, 0.3) is 0 Å². The van der Waals surface area contributed by atoms with Crippen LogP contribution in [0, 0.1) is 0 Å². The van der Waals surface area contributed by atoms with Crippen molar-refractivity contribution in [3.8, 4) is 11.3 Å². The molecule has 0 bridgehead atoms. The third kappa shape index (κ3) is 1.75. The number of rotatable bonds is 2. The highest BCUT2D eigenvalue weighted by Gasteiger charge is 2.14. The first-order chi connectivity index (χ1) is 7.59. The van der Waals surface area contributed by atoms with Gasteiger partial charge in [0, 0.05) is 16.3 Å². The largest absolute Gasteiger partial charge is 0.477 e. The number of aromatic nitrogens is 1. The Hall–Kier alpha value is -1.94. The van der Waals surface area contributed by atoms with Crippen molar-refractivity contribution in [2.45, 2.75) is 0 Å². The Morgan fingerprint density at radius 3 is 2.62 bits per heavy atom. The second-order valence-corrected chi connectivity index (χ2v) is 3.71. The van der Waals surface area contributed by atoms with Crippen molar-refractivity contribution >= 4 is 23.3 Å². The lowest BCUT2D eigenvalue weighted by Crippen LogP contribution is -2.00. The molecule has 0 amide bonds. The van der Waals surface area contributed by atoms with E-state index in [9.17, 15) is 4.79 Å². The molecule has 16 heavy (non-hydrogen) atoms. The Morgan fingerprint density at radius 1 is 1.38 bits per heavy atom. The average Bonchev–Trinajstić information content (AvgIpc) is 2.61. The molecule has 0 saturated heterocycles. The van der Waals surface area contributed by atoms with Crippen LogP contribution in [0.5, 0.6) is 0 Å². The van der Waals surface area contributed by atoms with Gasteiger partial charge < -0.3 is 15.8 Å². The molecule has 2 aromatic rings. The molecule has 0 atom stereocenters. The number of carboxylic acids is 1. The van der Waals surface area contributed by atoms with E-state index in [1.165, 1.54) is 0 Å². The molecule has 0 spiro atoms. The Labute approximate surface area is 96.7 Å². The Kier molecular flexibility index (Phi) is 2.58. The van der Waals surface area contributed by atoms with Crippen molar-refractivity contribution in [2.75, 3.05) is 5.73 Å². The average molecular weight is 237 g/mol. The van der Waals surface area contributed by atoms with Crippen LogP contribution in [0.4, 0.5) is 5.69 Å². The first-order valence-corrected chi connectivity index (χ1v) is 4.94. The highest BCUT2D eigenvalue weighted by Crippen LogP contribution is 2.29. The van der Waals surface area contributed by atoms with E-state index in [-0.39, 0.29) is 11.4 Å². The van der Waals surface area contributed by atoms with E-state index in [0.29, 0.717) is 10.7 Å². The number of nitrogens with one attached hydrogen (secondary N) is 1. The molecule has 0 radical (unpaired) electrons. The zero-order valence-electron chi connectivity index (χ0n) is 8.20. The minimum atomic E-state index is -1.09. The smallest absolute Gasteiger partial charge is 0.354 e. The summed E-state index contributed by atoms with van der Waals surface area (Å²) in [5.41, 5.74) is 7.08. The number of nitrogens with two attached hydrogens (primary N) is 1. The molecule has 1 aromatic carbocycles. The Bertz CT molecular complexity index is 549. The molecule has 0 aliphatic heterocycles. The minimum Gasteiger partial charge on any atom is -0.477 e. The molecular formula is C11H9ClN2O2. The highest BCUT2D eigenvalue weighted by atomic mass is 35.5. The fraction of sp³-hybridized carbons (Fsp3) is 0. The van der Waals surface area contributed by atoms with E-state index in [2.05, 4.69) is 4.98 Å². The number of aromatic amines is 1. The summed E-state index contributed by atoms with van der Waals surface area (Å²) in [6.45, 7) is 0. The van der Waals surface area contributed by atoms with E-state index in [4.69, 9.17) is 22.4 Å². The molecule has 1 aromatic heterocycles. The van der Waals surface area contributed by atoms with Crippen molar-refractivity contribution in [1.82, 2.24) is 4.98 Å². The molecule has 0 aliphatic rings. The molecule has 0 fully saturated rings. The number of aromatic carboxylic acids is 1. The van der Waals surface area contributed by atoms with Gasteiger partial charge in [0.1, 0.15) is 5.69 Å². The normalized spacial score (nSPS) is 10.3. The summed E-state index contributed by atoms with van der Waals surface area (Å²) in [4.78, 5) is 13.5. The molecule has 4 N–H and O–H groups in total. The summed E-state index contributed by atoms with van der Waals surface area (Å²) >= 11 is 5.99. The fourth-order valence-electron chi connectivity index (χ4n) is 1.47. The molecular weight excluding hydrogens is 228 g/mol. The minimum absolute atomic E-state index is 0.0186. The van der Waals surface area contributed by atoms with Gasteiger partial charge >= 0.3 is 5.97 Å². The van der Waals surface area contributed by atoms with Gasteiger partial charge in [-0.3, -0.25) is 0 Å². The van der Waals surface area contributed by atoms with Gasteiger partial charge in [-0.15, -0.1) is 0 Å². The fourth-order valence-corrected chi connectivity index (χ4v) is 1.71. The maximum atomic E-state index is 10.8. The maximum Gasteiger partial charge on any atom is 0.354 e. The van der Waals surface area contributed by atoms with Crippen LogP contribution in [-0.2, 0) is 0 Å². The van der Waals surface area contributed by atoms with Crippen LogP contribution in [0.15, 0.2) is 30.3 Å². The molecule has 82 valence electrons. The van der Waals surface area contributed by atoms with Crippen LogP contribution in [0.25, 0.3) is 11.3 Å². The number of carbonyl (C=O) groups is 1. The number of hydrogen-bond acceptors (Lipinski definition) is 2. The number of hydrogen-bond donors (Lipinski definition) is 3. The van der Waals surface area contributed by atoms with Crippen molar-refractivity contribution in [1.29, 1.82) is 0 Å². The van der Waals surface area contributed by atoms with Gasteiger partial charge in [-0.2, -0.15) is 0 Å². The van der Waals surface area contributed by atoms with Crippen molar-refractivity contribution in [2.24, 2.45) is 0 Å². The zero-order valence-corrected chi connectivity index (χ0v) is 8.95. The van der Waals surface area contributed by atoms with Crippen LogP contribution in [0.3, 0.4) is 0 Å². The van der Waals surface area contributed by atoms with E-state index in [1.54, 1.807) is 24.3 Å². The number of H-pyrrole nitrogens is 1. The maximum absolute atomic E-state index is 10.8. The molecule has 0 saturated carbocycles. The summed E-state index contributed by atoms with van der Waals surface area (Å²) in [6, 6.07) is 8.70. The third-order valence-corrected chi connectivity index (χ3v) is 2.56. The van der Waals surface area contributed by atoms with Crippen molar-refractivity contribution in [3.05, 3.63) is 41.0 Å². The van der Waals surface area contributed by atoms with Gasteiger partial charge in [0.05, 0.1) is 5.69 Å². The zero-order chi connectivity index (χ0) is 11.7. The number of anilines is 1. The number of halogens is 1. The first kappa shape index (κ1) is 10.6. The summed E-state index contributed by atoms with van der Waals surface area (Å²) in [5, 5.41) is 9.39. The number of benzene rings is 1. The Morgan fingerprint density at radius 2 is 2.06 bits per heavy atom. The van der Waals surface area contributed by atoms with Crippen LogP contribution in [0.1, 0.15) is 10.5 Å². The van der Waals surface area contributed by atoms with E-state index in [1.807, 2.05) is 6.07 Å². The molecule has 2 rings (SSSR count). The van der Waals surface area contributed by atoms with Gasteiger partial charge in [0.2, 0.25) is 0 Å². The van der Waals surface area contributed by atoms with E-state index >= 15 is 0 Å². The summed E-state index contributed by atoms with van der Waals surface area (Å²) in [7, 11) is 0. The van der Waals surface area contributed by atoms with Gasteiger partial charge in [-0.1, -0.05) is 29.8 Å². The Balaban J connectivity index is 2.54. The standard InChI is InChI=1S/C11H9ClN2O2/c12-7-4-2-1-3-6(7)9-5-8(13)10(14-9)11(15)16/h1-5,14H,13H2,(H,15,16). The van der Waals surface area contributed by atoms with Crippen molar-refractivity contribution in [3.63, 3.8) is 0 Å². The SMILES string of the molecule is Nc1cc(-c2ccccc2Cl)[nH]c1C(=O)O. The van der Waals surface area contributed by atoms with Crippen LogP contribution >= 0.6 is 11.6 Å². The predicted molar refractivity (Wildman–Crippen MR) is 62.6 cm³/mol. The summed E-state index contributed by atoms with van der Waals surface area (Å²) in [6.07, 6.45) is 0. The number of nitrogen functional groups attached to an aromatic ring is 1. The molecule has 0 aliphatic carbocycles. The lowest BCUT2D eigenvalue weighted by molar-refractivity contribution is 0.0692. The van der Waals surface area contributed by atoms with Crippen LogP contribution in [0.2, 0.25) is 5.02 Å². The van der Waals surface area contributed by atoms with E-state index in [0.717, 1.165) is 5.56 Å². The second-order valence-electron chi connectivity index (χ2n) is 3.30. The summed E-state index contributed by atoms with van der Waals surface area (Å²) < 4.78 is 0. The predicted octanol–water partition coefficient (Wildman–Crippen LogP) is 2.62. The second kappa shape index (κ2) is 3.90. The van der Waals surface area contributed by atoms with Gasteiger partial charge in [-0.05, 0) is 12.1 Å². The summed E-state index contributed by atoms with van der Waals surface area (Å²) in [5.74, 6) is -1.09. The van der Waals surface area contributed by atoms with Crippen molar-refractivity contribution < 1.29 is 9.90 Å². The highest BCUT2D eigenvalue weighted by molar-refractivity contribution is 6.33. The first-order valence-electron chi connectivity index (χ1n) is 4.56. The molecule has 0 unspecified atom stereocenters. The third-order valence-electron chi connectivity index (χ3n) is 2.23. The van der Waals surface area contributed by atoms with Gasteiger partial charge in [-0.25, -0.2) is 4.79 Å². The topological polar surface area (TPSA) is 79.1 Å². The van der Waals surface area contributed by atoms with Crippen LogP contribution in [-0.4, -0.2) is 16.1 Å².